The van der Waals surface area contributed by atoms with Crippen molar-refractivity contribution in [3.8, 4) is 23.0 Å². The van der Waals surface area contributed by atoms with Crippen molar-refractivity contribution < 1.29 is 19.3 Å². The molecule has 3 aliphatic heterocycles. The molecule has 0 spiro atoms. The summed E-state index contributed by atoms with van der Waals surface area (Å²) in [5, 5.41) is 10.7. The van der Waals surface area contributed by atoms with Gasteiger partial charge in [0.05, 0.1) is 13.2 Å². The average Bonchev–Trinajstić information content (AvgIpc) is 3.56. The first kappa shape index (κ1) is 23.6. The minimum Gasteiger partial charge on any atom is -0.504 e. The van der Waals surface area contributed by atoms with Crippen molar-refractivity contribution in [1.29, 1.82) is 0 Å². The first-order valence-electron chi connectivity index (χ1n) is 12.6. The zero-order chi connectivity index (χ0) is 24.6. The van der Waals surface area contributed by atoms with Crippen molar-refractivity contribution in [2.24, 2.45) is 0 Å². The molecule has 3 heterocycles. The molecule has 6 rings (SSSR count). The molecule has 0 aromatic heterocycles. The Hall–Kier alpha value is -2.74. The van der Waals surface area contributed by atoms with Gasteiger partial charge in [0.15, 0.2) is 23.0 Å². The van der Waals surface area contributed by atoms with Crippen LogP contribution in [0.5, 0.6) is 23.0 Å². The van der Waals surface area contributed by atoms with Crippen molar-refractivity contribution >= 4 is 15.9 Å². The largest absolute Gasteiger partial charge is 0.504 e. The van der Waals surface area contributed by atoms with Crippen molar-refractivity contribution in [3.05, 3.63) is 80.8 Å². The summed E-state index contributed by atoms with van der Waals surface area (Å²) in [5.74, 6) is 2.27. The standard InChI is InChI=1S/C29H31BrN2O4/c1-34-26-12-21-8-11-32(17-22-13-27-28(15-24(22)30)36-18-35-27)29(23(21)14-25(26)33)20-6-4-19(5-7-20)16-31-9-2-3-10-31/h4-7,12-15,29,33H,2-3,8-11,16-18H2,1H3. The quantitative estimate of drug-likeness (QED) is 0.429. The number of likely N-dealkylation sites (tertiary alicyclic amines) is 1. The Bertz CT molecular complexity index is 1260. The van der Waals surface area contributed by atoms with E-state index >= 15 is 0 Å². The highest BCUT2D eigenvalue weighted by atomic mass is 79.9. The topological polar surface area (TPSA) is 54.4 Å². The monoisotopic (exact) mass is 550 g/mol. The molecule has 1 atom stereocenters. The second-order valence-electron chi connectivity index (χ2n) is 9.87. The Morgan fingerprint density at radius 2 is 1.72 bits per heavy atom. The Kier molecular flexibility index (Phi) is 6.54. The molecule has 0 bridgehead atoms. The number of phenols is 1. The lowest BCUT2D eigenvalue weighted by molar-refractivity contribution is 0.173. The summed E-state index contributed by atoms with van der Waals surface area (Å²) in [6.45, 7) is 5.28. The minimum absolute atomic E-state index is 0.0173. The Balaban J connectivity index is 1.35. The van der Waals surface area contributed by atoms with E-state index in [1.165, 1.54) is 42.6 Å². The molecular formula is C29H31BrN2O4. The summed E-state index contributed by atoms with van der Waals surface area (Å²) in [7, 11) is 1.60. The van der Waals surface area contributed by atoms with E-state index in [1.54, 1.807) is 7.11 Å². The van der Waals surface area contributed by atoms with Gasteiger partial charge < -0.3 is 19.3 Å². The fourth-order valence-corrected chi connectivity index (χ4v) is 6.16. The molecule has 7 heteroatoms. The predicted molar refractivity (Wildman–Crippen MR) is 142 cm³/mol. The Morgan fingerprint density at radius 3 is 2.47 bits per heavy atom. The summed E-state index contributed by atoms with van der Waals surface area (Å²) < 4.78 is 17.6. The van der Waals surface area contributed by atoms with Gasteiger partial charge in [-0.2, -0.15) is 0 Å². The molecule has 3 aromatic carbocycles. The van der Waals surface area contributed by atoms with Crippen molar-refractivity contribution in [2.45, 2.75) is 38.4 Å². The predicted octanol–water partition coefficient (Wildman–Crippen LogP) is 5.64. The van der Waals surface area contributed by atoms with E-state index in [9.17, 15) is 5.11 Å². The number of methoxy groups -OCH3 is 1. The van der Waals surface area contributed by atoms with Gasteiger partial charge in [-0.25, -0.2) is 0 Å². The third-order valence-corrected chi connectivity index (χ3v) is 8.32. The van der Waals surface area contributed by atoms with Crippen LogP contribution >= 0.6 is 15.9 Å². The number of nitrogens with zero attached hydrogens (tertiary/aromatic N) is 2. The van der Waals surface area contributed by atoms with Gasteiger partial charge in [0.2, 0.25) is 6.79 Å². The van der Waals surface area contributed by atoms with Crippen LogP contribution in [0.1, 0.15) is 46.7 Å². The van der Waals surface area contributed by atoms with Gasteiger partial charge in [-0.15, -0.1) is 0 Å². The highest BCUT2D eigenvalue weighted by Gasteiger charge is 2.31. The van der Waals surface area contributed by atoms with E-state index < -0.39 is 0 Å². The molecule has 188 valence electrons. The molecule has 6 nitrogen and oxygen atoms in total. The Labute approximate surface area is 220 Å². The lowest BCUT2D eigenvalue weighted by Crippen LogP contribution is -2.35. The molecule has 0 amide bonds. The molecule has 0 saturated carbocycles. The van der Waals surface area contributed by atoms with Crippen LogP contribution in [0.3, 0.4) is 0 Å². The third kappa shape index (κ3) is 4.56. The lowest BCUT2D eigenvalue weighted by atomic mass is 9.87. The number of aromatic hydroxyl groups is 1. The van der Waals surface area contributed by atoms with Crippen LogP contribution in [-0.2, 0) is 19.5 Å². The van der Waals surface area contributed by atoms with Gasteiger partial charge in [0.25, 0.3) is 0 Å². The number of benzene rings is 3. The summed E-state index contributed by atoms with van der Waals surface area (Å²) >= 11 is 3.74. The maximum Gasteiger partial charge on any atom is 0.231 e. The van der Waals surface area contributed by atoms with E-state index in [-0.39, 0.29) is 18.6 Å². The maximum atomic E-state index is 10.7. The van der Waals surface area contributed by atoms with Gasteiger partial charge in [0.1, 0.15) is 0 Å². The maximum absolute atomic E-state index is 10.7. The zero-order valence-electron chi connectivity index (χ0n) is 20.5. The minimum atomic E-state index is 0.0173. The van der Waals surface area contributed by atoms with Crippen LogP contribution in [0.25, 0.3) is 0 Å². The molecule has 1 fully saturated rings. The number of fused-ring (bicyclic) bond motifs is 2. The fourth-order valence-electron chi connectivity index (χ4n) is 5.72. The molecule has 3 aromatic rings. The van der Waals surface area contributed by atoms with Gasteiger partial charge in [-0.1, -0.05) is 40.2 Å². The van der Waals surface area contributed by atoms with Gasteiger partial charge in [-0.05, 0) is 84.4 Å². The van der Waals surface area contributed by atoms with Gasteiger partial charge in [0, 0.05) is 24.1 Å². The summed E-state index contributed by atoms with van der Waals surface area (Å²) in [6, 6.07) is 17.0. The number of hydrogen-bond acceptors (Lipinski definition) is 6. The summed E-state index contributed by atoms with van der Waals surface area (Å²) in [4.78, 5) is 5.00. The smallest absolute Gasteiger partial charge is 0.231 e. The van der Waals surface area contributed by atoms with E-state index in [2.05, 4.69) is 56.1 Å². The highest BCUT2D eigenvalue weighted by molar-refractivity contribution is 9.10. The van der Waals surface area contributed by atoms with E-state index in [4.69, 9.17) is 14.2 Å². The Morgan fingerprint density at radius 1 is 0.972 bits per heavy atom. The molecule has 1 unspecified atom stereocenters. The van der Waals surface area contributed by atoms with Crippen molar-refractivity contribution in [1.82, 2.24) is 9.80 Å². The molecule has 1 saturated heterocycles. The number of rotatable bonds is 6. The van der Waals surface area contributed by atoms with E-state index in [1.807, 2.05) is 18.2 Å². The molecule has 3 aliphatic rings. The average molecular weight is 551 g/mol. The fraction of sp³-hybridized carbons (Fsp3) is 0.379. The SMILES string of the molecule is COc1cc2c(cc1O)C(c1ccc(CN3CCCC3)cc1)N(Cc1cc3c(cc1Br)OCO3)CC2. The summed E-state index contributed by atoms with van der Waals surface area (Å²) in [6.07, 6.45) is 3.49. The van der Waals surface area contributed by atoms with Crippen molar-refractivity contribution in [2.75, 3.05) is 33.5 Å². The summed E-state index contributed by atoms with van der Waals surface area (Å²) in [5.41, 5.74) is 6.07. The van der Waals surface area contributed by atoms with Crippen molar-refractivity contribution in [3.63, 3.8) is 0 Å². The van der Waals surface area contributed by atoms with Crippen LogP contribution in [0.2, 0.25) is 0 Å². The molecule has 1 N–H and O–H groups in total. The number of halogens is 1. The molecule has 0 aliphatic carbocycles. The lowest BCUT2D eigenvalue weighted by Gasteiger charge is -2.38. The third-order valence-electron chi connectivity index (χ3n) is 7.58. The first-order chi connectivity index (χ1) is 17.6. The molecule has 0 radical (unpaired) electrons. The van der Waals surface area contributed by atoms with Crippen LogP contribution in [0, 0.1) is 0 Å². The zero-order valence-corrected chi connectivity index (χ0v) is 22.1. The van der Waals surface area contributed by atoms with Gasteiger partial charge >= 0.3 is 0 Å². The highest BCUT2D eigenvalue weighted by Crippen LogP contribution is 2.43. The second kappa shape index (κ2) is 9.96. The normalized spacial score (nSPS) is 19.4. The number of ether oxygens (including phenoxy) is 3. The molecular weight excluding hydrogens is 520 g/mol. The second-order valence-corrected chi connectivity index (χ2v) is 10.7. The van der Waals surface area contributed by atoms with Crippen LogP contribution < -0.4 is 14.2 Å². The van der Waals surface area contributed by atoms with E-state index in [0.717, 1.165) is 53.2 Å². The van der Waals surface area contributed by atoms with Crippen LogP contribution in [0.4, 0.5) is 0 Å². The first-order valence-corrected chi connectivity index (χ1v) is 13.4. The number of phenolic OH excluding ortho intramolecular Hbond substituents is 1. The van der Waals surface area contributed by atoms with Gasteiger partial charge in [-0.3, -0.25) is 9.80 Å². The molecule has 36 heavy (non-hydrogen) atoms. The van der Waals surface area contributed by atoms with E-state index in [0.29, 0.717) is 5.75 Å². The van der Waals surface area contributed by atoms with Crippen LogP contribution in [0.15, 0.2) is 53.0 Å². The number of hydrogen-bond donors (Lipinski definition) is 1. The van der Waals surface area contributed by atoms with Crippen LogP contribution in [-0.4, -0.2) is 48.4 Å².